The summed E-state index contributed by atoms with van der Waals surface area (Å²) in [5.41, 5.74) is 10.6. The van der Waals surface area contributed by atoms with Crippen LogP contribution >= 0.6 is 0 Å². The van der Waals surface area contributed by atoms with Crippen molar-refractivity contribution >= 4 is 11.3 Å². The van der Waals surface area contributed by atoms with Gasteiger partial charge in [0.25, 0.3) is 0 Å². The third kappa shape index (κ3) is 6.53. The Morgan fingerprint density at radius 3 is 2.33 bits per heavy atom. The largest absolute Gasteiger partial charge is 0.496 e. The van der Waals surface area contributed by atoms with Crippen LogP contribution in [-0.4, -0.2) is 40.7 Å². The number of hydrogen-bond donors (Lipinski definition) is 0. The minimum Gasteiger partial charge on any atom is -0.496 e. The molecule has 1 heterocycles. The standard InChI is InChI=1S/C38H45NO4/c1-40-36-25-31(39-22-20-29(21-23-39)38(41-2)42-3)15-18-35(36)37-33(28-12-8-5-9-13-28)17-14-30-24-32(16-19-34(30)37)43-26-27-10-6-4-7-11-27/h4,6-7,10-12,15-16,18-19,24-25,29,38H,5,8-9,13-14,17,20-23,26H2,1-3H3. The number of aryl methyl sites for hydroxylation is 1. The van der Waals surface area contributed by atoms with E-state index in [9.17, 15) is 0 Å². The van der Waals surface area contributed by atoms with Gasteiger partial charge in [-0.2, -0.15) is 0 Å². The molecule has 0 unspecified atom stereocenters. The second kappa shape index (κ2) is 13.8. The van der Waals surface area contributed by atoms with Gasteiger partial charge in [0.1, 0.15) is 18.1 Å². The number of benzene rings is 3. The summed E-state index contributed by atoms with van der Waals surface area (Å²) in [7, 11) is 5.28. The minimum absolute atomic E-state index is 0.130. The highest BCUT2D eigenvalue weighted by atomic mass is 16.7. The van der Waals surface area contributed by atoms with Crippen LogP contribution in [0.2, 0.25) is 0 Å². The van der Waals surface area contributed by atoms with Gasteiger partial charge < -0.3 is 23.8 Å². The summed E-state index contributed by atoms with van der Waals surface area (Å²) >= 11 is 0. The molecule has 1 saturated heterocycles. The Morgan fingerprint density at radius 1 is 0.814 bits per heavy atom. The van der Waals surface area contributed by atoms with Gasteiger partial charge in [0, 0.05) is 50.5 Å². The number of rotatable bonds is 10. The monoisotopic (exact) mass is 579 g/mol. The van der Waals surface area contributed by atoms with Crippen molar-refractivity contribution in [1.29, 1.82) is 0 Å². The number of hydrogen-bond acceptors (Lipinski definition) is 5. The highest BCUT2D eigenvalue weighted by Gasteiger charge is 2.29. The molecule has 1 fully saturated rings. The third-order valence-electron chi connectivity index (χ3n) is 9.43. The van der Waals surface area contributed by atoms with Crippen molar-refractivity contribution < 1.29 is 18.9 Å². The van der Waals surface area contributed by atoms with Gasteiger partial charge in [-0.05, 0) is 109 Å². The lowest BCUT2D eigenvalue weighted by Crippen LogP contribution is -2.39. The van der Waals surface area contributed by atoms with Crippen LogP contribution in [0.15, 0.2) is 84.0 Å². The smallest absolute Gasteiger partial charge is 0.159 e. The van der Waals surface area contributed by atoms with E-state index in [0.29, 0.717) is 12.5 Å². The molecular formula is C38H45NO4. The number of anilines is 1. The maximum absolute atomic E-state index is 6.23. The summed E-state index contributed by atoms with van der Waals surface area (Å²) in [6.07, 6.45) is 11.4. The average molecular weight is 580 g/mol. The average Bonchev–Trinajstić information content (AvgIpc) is 3.08. The van der Waals surface area contributed by atoms with Gasteiger partial charge in [-0.15, -0.1) is 0 Å². The first-order valence-electron chi connectivity index (χ1n) is 15.9. The molecule has 3 aromatic rings. The molecule has 3 aromatic carbocycles. The molecule has 1 aliphatic heterocycles. The fourth-order valence-electron chi connectivity index (χ4n) is 7.13. The van der Waals surface area contributed by atoms with Crippen molar-refractivity contribution in [3.05, 3.63) is 106 Å². The number of piperidine rings is 1. The van der Waals surface area contributed by atoms with Gasteiger partial charge in [0.05, 0.1) is 7.11 Å². The summed E-state index contributed by atoms with van der Waals surface area (Å²) in [5, 5.41) is 0. The Hall–Kier alpha value is -3.54. The highest BCUT2D eigenvalue weighted by molar-refractivity contribution is 5.90. The lowest BCUT2D eigenvalue weighted by molar-refractivity contribution is -0.141. The molecule has 6 rings (SSSR count). The summed E-state index contributed by atoms with van der Waals surface area (Å²) in [5.74, 6) is 2.29. The Labute approximate surface area is 257 Å². The van der Waals surface area contributed by atoms with Gasteiger partial charge in [-0.1, -0.05) is 42.5 Å². The summed E-state index contributed by atoms with van der Waals surface area (Å²) in [6, 6.07) is 23.9. The first-order valence-corrected chi connectivity index (χ1v) is 15.9. The van der Waals surface area contributed by atoms with Crippen molar-refractivity contribution in [1.82, 2.24) is 0 Å². The second-order valence-electron chi connectivity index (χ2n) is 12.0. The summed E-state index contributed by atoms with van der Waals surface area (Å²) in [6.45, 7) is 2.53. The first-order chi connectivity index (χ1) is 21.2. The zero-order valence-electron chi connectivity index (χ0n) is 25.9. The molecule has 0 saturated carbocycles. The molecule has 3 aliphatic rings. The van der Waals surface area contributed by atoms with Gasteiger partial charge in [-0.25, -0.2) is 0 Å². The molecule has 5 nitrogen and oxygen atoms in total. The van der Waals surface area contributed by atoms with E-state index < -0.39 is 0 Å². The molecule has 0 N–H and O–H groups in total. The first kappa shape index (κ1) is 29.5. The maximum atomic E-state index is 6.23. The predicted octanol–water partition coefficient (Wildman–Crippen LogP) is 8.36. The molecule has 5 heteroatoms. The van der Waals surface area contributed by atoms with E-state index in [1.54, 1.807) is 21.3 Å². The van der Waals surface area contributed by atoms with Crippen molar-refractivity contribution in [2.45, 2.75) is 64.3 Å². The number of nitrogens with zero attached hydrogens (tertiary/aromatic N) is 1. The number of methoxy groups -OCH3 is 3. The Bertz CT molecular complexity index is 1450. The predicted molar refractivity (Wildman–Crippen MR) is 174 cm³/mol. The number of allylic oxidation sites excluding steroid dienone is 3. The quantitative estimate of drug-likeness (QED) is 0.226. The Kier molecular flexibility index (Phi) is 9.50. The summed E-state index contributed by atoms with van der Waals surface area (Å²) in [4.78, 5) is 2.47. The van der Waals surface area contributed by atoms with Crippen LogP contribution in [0.3, 0.4) is 0 Å². The van der Waals surface area contributed by atoms with E-state index in [2.05, 4.69) is 71.6 Å². The van der Waals surface area contributed by atoms with Crippen LogP contribution in [0, 0.1) is 5.92 Å². The van der Waals surface area contributed by atoms with E-state index in [1.807, 2.05) is 6.07 Å². The molecule has 0 atom stereocenters. The topological polar surface area (TPSA) is 40.2 Å². The molecular weight excluding hydrogens is 534 g/mol. The molecule has 0 radical (unpaired) electrons. The summed E-state index contributed by atoms with van der Waals surface area (Å²) < 4.78 is 23.5. The molecule has 0 aromatic heterocycles. The van der Waals surface area contributed by atoms with Gasteiger partial charge in [0.2, 0.25) is 0 Å². The zero-order chi connectivity index (χ0) is 29.6. The van der Waals surface area contributed by atoms with E-state index in [4.69, 9.17) is 18.9 Å². The zero-order valence-corrected chi connectivity index (χ0v) is 25.9. The normalized spacial score (nSPS) is 17.6. The van der Waals surface area contributed by atoms with Crippen LogP contribution in [0.4, 0.5) is 5.69 Å². The maximum Gasteiger partial charge on any atom is 0.159 e. The lowest BCUT2D eigenvalue weighted by Gasteiger charge is -2.36. The molecule has 0 amide bonds. The van der Waals surface area contributed by atoms with Crippen LogP contribution in [0.25, 0.3) is 5.57 Å². The van der Waals surface area contributed by atoms with Crippen LogP contribution in [-0.2, 0) is 22.5 Å². The van der Waals surface area contributed by atoms with Crippen LogP contribution in [0.1, 0.15) is 67.2 Å². The van der Waals surface area contributed by atoms with Crippen molar-refractivity contribution in [2.75, 3.05) is 39.3 Å². The van der Waals surface area contributed by atoms with Crippen LogP contribution < -0.4 is 14.4 Å². The molecule has 2 aliphatic carbocycles. The third-order valence-corrected chi connectivity index (χ3v) is 9.43. The van der Waals surface area contributed by atoms with Crippen molar-refractivity contribution in [3.63, 3.8) is 0 Å². The SMILES string of the molecule is COc1cc(N2CCC(C(OC)OC)CC2)ccc1C1=C(C2=CCCCC2)CCc2cc(OCc3ccccc3)ccc21. The number of ether oxygens (including phenoxy) is 4. The van der Waals surface area contributed by atoms with E-state index in [1.165, 1.54) is 63.9 Å². The molecule has 0 bridgehead atoms. The van der Waals surface area contributed by atoms with Crippen molar-refractivity contribution in [3.8, 4) is 11.5 Å². The molecule has 226 valence electrons. The minimum atomic E-state index is -0.130. The second-order valence-corrected chi connectivity index (χ2v) is 12.0. The highest BCUT2D eigenvalue weighted by Crippen LogP contribution is 2.45. The molecule has 43 heavy (non-hydrogen) atoms. The van der Waals surface area contributed by atoms with Crippen molar-refractivity contribution in [2.24, 2.45) is 5.92 Å². The molecule has 0 spiro atoms. The Balaban J connectivity index is 1.31. The van der Waals surface area contributed by atoms with Gasteiger partial charge in [0.15, 0.2) is 6.29 Å². The number of fused-ring (bicyclic) bond motifs is 1. The van der Waals surface area contributed by atoms with Gasteiger partial charge in [-0.3, -0.25) is 0 Å². The van der Waals surface area contributed by atoms with E-state index >= 15 is 0 Å². The van der Waals surface area contributed by atoms with Crippen LogP contribution in [0.5, 0.6) is 11.5 Å². The van der Waals surface area contributed by atoms with Gasteiger partial charge >= 0.3 is 0 Å². The fraction of sp³-hybridized carbons (Fsp3) is 0.421. The lowest BCUT2D eigenvalue weighted by atomic mass is 9.77. The fourth-order valence-corrected chi connectivity index (χ4v) is 7.13. The Morgan fingerprint density at radius 2 is 1.60 bits per heavy atom. The van der Waals surface area contributed by atoms with E-state index in [0.717, 1.165) is 56.7 Å². The van der Waals surface area contributed by atoms with E-state index in [-0.39, 0.29) is 6.29 Å².